The highest BCUT2D eigenvalue weighted by molar-refractivity contribution is 14.1. The second-order valence-corrected chi connectivity index (χ2v) is 34.8. The number of fused-ring (bicyclic) bond motifs is 12. The number of rotatable bonds is 10. The summed E-state index contributed by atoms with van der Waals surface area (Å²) in [4.78, 5) is 9.49. The van der Waals surface area contributed by atoms with E-state index in [1.165, 1.54) is 54.4 Å². The van der Waals surface area contributed by atoms with Crippen molar-refractivity contribution in [2.75, 3.05) is 51.6 Å². The van der Waals surface area contributed by atoms with Crippen LogP contribution in [0.25, 0.3) is 11.1 Å². The summed E-state index contributed by atoms with van der Waals surface area (Å²) in [6, 6.07) is 103. The van der Waals surface area contributed by atoms with Gasteiger partial charge in [0, 0.05) is 23.6 Å². The summed E-state index contributed by atoms with van der Waals surface area (Å²) in [5.74, 6) is 6.78. The highest BCUT2D eigenvalue weighted by atomic mass is 127. The molecule has 0 atom stereocenters. The lowest BCUT2D eigenvalue weighted by molar-refractivity contribution is 0.412. The second kappa shape index (κ2) is 38.7. The van der Waals surface area contributed by atoms with Gasteiger partial charge in [0.05, 0.1) is 76.1 Å². The number of hydrogen-bond acceptors (Lipinski definition) is 16. The molecule has 0 aromatic heterocycles. The van der Waals surface area contributed by atoms with Gasteiger partial charge in [-0.2, -0.15) is 0 Å². The fourth-order valence-electron chi connectivity index (χ4n) is 15.9. The number of para-hydroxylation sites is 20. The van der Waals surface area contributed by atoms with Crippen molar-refractivity contribution in [2.24, 2.45) is 0 Å². The van der Waals surface area contributed by atoms with Gasteiger partial charge in [0.15, 0.2) is 92.3 Å². The average molecular weight is 2150 g/mol. The molecule has 0 aliphatic carbocycles. The summed E-state index contributed by atoms with van der Waals surface area (Å²) >= 11 is 14.9. The van der Waals surface area contributed by atoms with E-state index in [4.69, 9.17) is 48.4 Å². The Labute approximate surface area is 807 Å². The number of methoxy groups -OCH3 is 3. The minimum atomic E-state index is -0.744. The third-order valence-corrected chi connectivity index (χ3v) is 24.4. The molecule has 0 saturated carbocycles. The molecule has 16 nitrogen and oxygen atoms in total. The van der Waals surface area contributed by atoms with Crippen molar-refractivity contribution in [3.8, 4) is 103 Å². The molecule has 6 heterocycles. The molecule has 27 heteroatoms. The first-order valence-electron chi connectivity index (χ1n) is 41.0. The molecule has 0 spiro atoms. The number of nitrogens with two attached hydrogens (primary N) is 1. The number of aryl methyl sites for hydroxylation is 1. The van der Waals surface area contributed by atoms with E-state index in [9.17, 15) is 31.4 Å². The van der Waals surface area contributed by atoms with Crippen LogP contribution < -0.4 is 72.9 Å². The predicted octanol–water partition coefficient (Wildman–Crippen LogP) is 33.9. The molecule has 23 rings (SSSR count). The van der Waals surface area contributed by atoms with E-state index in [1.807, 2.05) is 165 Å². The van der Waals surface area contributed by atoms with Crippen molar-refractivity contribution in [3.05, 3.63) is 402 Å². The van der Waals surface area contributed by atoms with Crippen molar-refractivity contribution < 1.29 is 74.1 Å². The van der Waals surface area contributed by atoms with Crippen LogP contribution in [-0.2, 0) is 0 Å². The largest absolute Gasteiger partial charge is 0.506 e. The van der Waals surface area contributed by atoms with Crippen LogP contribution >= 0.6 is 86.3 Å². The molecule has 0 unspecified atom stereocenters. The summed E-state index contributed by atoms with van der Waals surface area (Å²) in [5.41, 5.74) is 17.3. The van der Waals surface area contributed by atoms with Gasteiger partial charge in [0.25, 0.3) is 0 Å². The van der Waals surface area contributed by atoms with Crippen LogP contribution in [0.4, 0.5) is 117 Å². The smallest absolute Gasteiger partial charge is 0.156 e. The lowest BCUT2D eigenvalue weighted by atomic mass is 9.98. The van der Waals surface area contributed by atoms with Gasteiger partial charge in [-0.05, 0) is 246 Å². The SMILES string of the molecule is Brc1cc2c3c(c1)Oc1ccccc1N3c1ccccc1O2.COc1ccccc1I.COc1ccccc1N(c1ccccc1OC)c1c(F)cc(Br)cc1F.Cc1ccccc1N(c1ccccc1O)c1c(F)cc(Br)cc1F.Nc1c(F)cc(Br)cc1F.c1ccc2c(c1)Oc1cc(-c3cc4c5c(c3)Oc3ccccc3N5c3ccccc3O4)cc3c1N2c1ccccc1O3. The zero-order valence-corrected chi connectivity index (χ0v) is 78.9. The first-order chi connectivity index (χ1) is 64.6. The molecule has 0 amide bonds. The van der Waals surface area contributed by atoms with Gasteiger partial charge in [0.2, 0.25) is 0 Å². The van der Waals surface area contributed by atoms with Crippen molar-refractivity contribution >= 4 is 177 Å². The molecule has 0 bridgehead atoms. The number of halogens is 11. The predicted molar refractivity (Wildman–Crippen MR) is 532 cm³/mol. The third kappa shape index (κ3) is 17.9. The lowest BCUT2D eigenvalue weighted by Gasteiger charge is -2.38. The molecular formula is C106H71Br4F6IN6O10. The molecule has 17 aromatic rings. The summed E-state index contributed by atoms with van der Waals surface area (Å²) in [6.45, 7) is 1.84. The maximum Gasteiger partial charge on any atom is 0.156 e. The Morgan fingerprint density at radius 3 is 0.850 bits per heavy atom. The fraction of sp³-hybridized carbons (Fsp3) is 0.0377. The van der Waals surface area contributed by atoms with Crippen LogP contribution in [0.3, 0.4) is 0 Å². The highest BCUT2D eigenvalue weighted by Crippen LogP contribution is 2.65. The number of phenols is 1. The number of aromatic hydroxyl groups is 1. The zero-order chi connectivity index (χ0) is 92.4. The van der Waals surface area contributed by atoms with Crippen LogP contribution in [0.15, 0.2) is 358 Å². The number of anilines is 16. The normalized spacial score (nSPS) is 11.9. The Morgan fingerprint density at radius 2 is 0.541 bits per heavy atom. The highest BCUT2D eigenvalue weighted by Gasteiger charge is 2.40. The quantitative estimate of drug-likeness (QED) is 0.0760. The van der Waals surface area contributed by atoms with Gasteiger partial charge >= 0.3 is 0 Å². The van der Waals surface area contributed by atoms with Crippen LogP contribution in [0.1, 0.15) is 5.56 Å². The molecule has 0 radical (unpaired) electrons. The molecule has 0 fully saturated rings. The van der Waals surface area contributed by atoms with Crippen LogP contribution in [0.5, 0.6) is 92.0 Å². The van der Waals surface area contributed by atoms with E-state index in [0.29, 0.717) is 47.7 Å². The van der Waals surface area contributed by atoms with E-state index in [-0.39, 0.29) is 17.1 Å². The molecule has 133 heavy (non-hydrogen) atoms. The number of nitrogens with zero attached hydrogens (tertiary/aromatic N) is 5. The summed E-state index contributed by atoms with van der Waals surface area (Å²) in [7, 11) is 4.69. The Kier molecular flexibility index (Phi) is 26.0. The minimum absolute atomic E-state index is 0.0672. The number of nitrogen functional groups attached to an aromatic ring is 1. The second-order valence-electron chi connectivity index (χ2n) is 30.0. The van der Waals surface area contributed by atoms with Gasteiger partial charge in [-0.3, -0.25) is 19.6 Å². The zero-order valence-electron chi connectivity index (χ0n) is 70.4. The van der Waals surface area contributed by atoms with Crippen molar-refractivity contribution in [1.82, 2.24) is 0 Å². The van der Waals surface area contributed by atoms with E-state index in [2.05, 4.69) is 162 Å². The number of phenolic OH excluding ortho intramolecular Hbond substituents is 1. The molecule has 17 aromatic carbocycles. The number of hydrogen-bond donors (Lipinski definition) is 2. The summed E-state index contributed by atoms with van der Waals surface area (Å²) in [6.07, 6.45) is 0. The van der Waals surface area contributed by atoms with Gasteiger partial charge in [0.1, 0.15) is 68.8 Å². The van der Waals surface area contributed by atoms with E-state index < -0.39 is 40.6 Å². The van der Waals surface area contributed by atoms with Gasteiger partial charge in [-0.15, -0.1) is 0 Å². The molecule has 3 N–H and O–H groups in total. The van der Waals surface area contributed by atoms with E-state index in [1.54, 1.807) is 86.0 Å². The summed E-state index contributed by atoms with van der Waals surface area (Å²) in [5, 5.41) is 10.2. The van der Waals surface area contributed by atoms with Crippen LogP contribution in [0.2, 0.25) is 0 Å². The van der Waals surface area contributed by atoms with Crippen molar-refractivity contribution in [2.45, 2.75) is 6.92 Å². The standard InChI is InChI=1S/C36H20N2O4.C20H16BrF2NO2.C19H14BrF2NO.C18H10BrNO2.C7H7IO.C6H4BrF2N/c1-5-13-27-23(9-1)37-24-10-2-6-14-28(24)40-32-18-21(17-31(39-27)35(32)37)22-19-33-36-34(20-22)42-30-16-8-4-12-26(30)38(36)25-11-3-7-15-29(25)41-33;1-25-18-9-5-3-7-16(18)24(17-8-4-6-10-19(17)26-2)20-14(22)11-13(21)12-15(20)23;1-12-6-2-3-7-16(12)23(17-8-4-5-9-18(17)24)19-14(21)10-13(20)11-15(19)22;19-11-9-16-18-17(10-11)22-15-8-4-2-6-13(15)20(18)12-5-1-3-7-14(12)21-16;1-9-7-5-3-2-4-6(7)8;7-3-1-4(8)6(10)5(9)2-3/h1-20H;3-12H,1-2H3;2-11,24H,1H3;1-10H;2-5H,1H3;1-2H,10H2. The minimum Gasteiger partial charge on any atom is -0.506 e. The first-order valence-corrected chi connectivity index (χ1v) is 45.3. The van der Waals surface area contributed by atoms with E-state index in [0.717, 1.165) is 163 Å². The molecule has 6 aliphatic heterocycles. The molecule has 6 aliphatic rings. The Bertz CT molecular complexity index is 6850. The average Bonchev–Trinajstić information content (AvgIpc) is 0.716. The van der Waals surface area contributed by atoms with E-state index >= 15 is 0 Å². The maximum atomic E-state index is 14.8. The van der Waals surface area contributed by atoms with Crippen molar-refractivity contribution in [3.63, 3.8) is 0 Å². The van der Waals surface area contributed by atoms with Crippen LogP contribution in [0, 0.1) is 45.4 Å². The number of ether oxygens (including phenoxy) is 9. The number of benzene rings is 17. The summed E-state index contributed by atoms with van der Waals surface area (Å²) < 4.78 is 141. The Morgan fingerprint density at radius 1 is 0.293 bits per heavy atom. The molecule has 662 valence electrons. The lowest BCUT2D eigenvalue weighted by Crippen LogP contribution is -2.20. The third-order valence-electron chi connectivity index (χ3n) is 21.7. The monoisotopic (exact) mass is 2140 g/mol. The maximum absolute atomic E-state index is 14.8. The first kappa shape index (κ1) is 89.4. The Hall–Kier alpha value is -14.2. The Balaban J connectivity index is 0.000000114. The van der Waals surface area contributed by atoms with Crippen molar-refractivity contribution in [1.29, 1.82) is 0 Å². The van der Waals surface area contributed by atoms with Crippen LogP contribution in [-0.4, -0.2) is 26.4 Å². The molecular weight excluding hydrogens is 2080 g/mol. The van der Waals surface area contributed by atoms with Gasteiger partial charge in [-0.1, -0.05) is 203 Å². The van der Waals surface area contributed by atoms with Gasteiger partial charge < -0.3 is 58.4 Å². The topological polar surface area (TPSA) is 146 Å². The fourth-order valence-corrected chi connectivity index (χ4v) is 18.1. The van der Waals surface area contributed by atoms with Gasteiger partial charge in [-0.25, -0.2) is 26.3 Å². The molecule has 0 saturated heterocycles.